The number of nitrogen functional groups attached to an aromatic ring is 1. The minimum Gasteiger partial charge on any atom is -0.382 e. The number of aromatic amines is 2. The van der Waals surface area contributed by atoms with E-state index in [1.807, 2.05) is 41.8 Å². The Kier molecular flexibility index (Phi) is 2.37. The number of thiophene rings is 1. The van der Waals surface area contributed by atoms with E-state index in [-0.39, 0.29) is 0 Å². The summed E-state index contributed by atoms with van der Waals surface area (Å²) in [5.41, 5.74) is 9.63. The first-order chi connectivity index (χ1) is 9.83. The van der Waals surface area contributed by atoms with Crippen molar-refractivity contribution >= 4 is 28.2 Å². The van der Waals surface area contributed by atoms with Crippen molar-refractivity contribution < 1.29 is 0 Å². The normalized spacial score (nSPS) is 11.2. The maximum Gasteiger partial charge on any atom is 0.156 e. The van der Waals surface area contributed by atoms with E-state index in [0.717, 1.165) is 33.0 Å². The fraction of sp³-hybridized carbons (Fsp3) is 0. The Bertz CT molecular complexity index is 839. The molecule has 0 saturated carbocycles. The van der Waals surface area contributed by atoms with Crippen molar-refractivity contribution in [1.82, 2.24) is 20.2 Å². The third kappa shape index (κ3) is 1.62. The molecule has 4 N–H and O–H groups in total. The molecule has 0 saturated heterocycles. The summed E-state index contributed by atoms with van der Waals surface area (Å²) in [6.45, 7) is 0. The van der Waals surface area contributed by atoms with E-state index in [1.165, 1.54) is 0 Å². The molecular formula is C14H11N5S. The second-order valence-corrected chi connectivity index (χ2v) is 5.39. The van der Waals surface area contributed by atoms with Crippen molar-refractivity contribution in [2.24, 2.45) is 0 Å². The molecule has 4 rings (SSSR count). The number of nitrogens with zero attached hydrogens (tertiary/aromatic N) is 2. The summed E-state index contributed by atoms with van der Waals surface area (Å²) in [6, 6.07) is 11.9. The number of para-hydroxylation sites is 2. The first-order valence-electron chi connectivity index (χ1n) is 6.16. The molecule has 0 bridgehead atoms. The quantitative estimate of drug-likeness (QED) is 0.527. The SMILES string of the molecule is Nc1n[nH]c(-c2cccs2)c1-c1nc2ccccc2[nH]1. The van der Waals surface area contributed by atoms with Crippen LogP contribution in [0.25, 0.3) is 33.0 Å². The maximum atomic E-state index is 6.00. The van der Waals surface area contributed by atoms with Crippen LogP contribution in [0.2, 0.25) is 0 Å². The van der Waals surface area contributed by atoms with Gasteiger partial charge in [-0.1, -0.05) is 18.2 Å². The lowest BCUT2D eigenvalue weighted by molar-refractivity contribution is 1.11. The topological polar surface area (TPSA) is 83.4 Å². The lowest BCUT2D eigenvalue weighted by Gasteiger charge is -1.98. The van der Waals surface area contributed by atoms with Gasteiger partial charge in [0.25, 0.3) is 0 Å². The number of rotatable bonds is 2. The van der Waals surface area contributed by atoms with Crippen LogP contribution in [0.5, 0.6) is 0 Å². The predicted molar refractivity (Wildman–Crippen MR) is 81.4 cm³/mol. The average Bonchev–Trinajstić information content (AvgIpc) is 3.16. The molecular weight excluding hydrogens is 270 g/mol. The van der Waals surface area contributed by atoms with Crippen LogP contribution in [0, 0.1) is 0 Å². The van der Waals surface area contributed by atoms with Crippen LogP contribution >= 0.6 is 11.3 Å². The number of imidazole rings is 1. The van der Waals surface area contributed by atoms with Gasteiger partial charge in [-0.05, 0) is 23.6 Å². The highest BCUT2D eigenvalue weighted by molar-refractivity contribution is 7.13. The van der Waals surface area contributed by atoms with Gasteiger partial charge in [0.1, 0.15) is 5.82 Å². The van der Waals surface area contributed by atoms with Crippen molar-refractivity contribution in [3.05, 3.63) is 41.8 Å². The summed E-state index contributed by atoms with van der Waals surface area (Å²) >= 11 is 1.64. The zero-order valence-corrected chi connectivity index (χ0v) is 11.2. The molecule has 3 aromatic heterocycles. The number of H-pyrrole nitrogens is 2. The molecule has 98 valence electrons. The highest BCUT2D eigenvalue weighted by Gasteiger charge is 2.18. The van der Waals surface area contributed by atoms with Crippen LogP contribution in [0.15, 0.2) is 41.8 Å². The van der Waals surface area contributed by atoms with E-state index in [2.05, 4.69) is 20.2 Å². The standard InChI is InChI=1S/C14H11N5S/c15-13-11(12(18-19-13)10-6-3-7-20-10)14-16-8-4-1-2-5-9(8)17-14/h1-7H,(H,16,17)(H3,15,18,19). The van der Waals surface area contributed by atoms with Gasteiger partial charge in [-0.3, -0.25) is 5.10 Å². The Morgan fingerprint density at radius 1 is 1.10 bits per heavy atom. The average molecular weight is 281 g/mol. The van der Waals surface area contributed by atoms with Gasteiger partial charge in [0.15, 0.2) is 5.82 Å². The largest absolute Gasteiger partial charge is 0.382 e. The third-order valence-electron chi connectivity index (χ3n) is 3.19. The second kappa shape index (κ2) is 4.21. The van der Waals surface area contributed by atoms with Crippen molar-refractivity contribution in [3.8, 4) is 22.0 Å². The Hall–Kier alpha value is -2.60. The number of hydrogen-bond donors (Lipinski definition) is 3. The van der Waals surface area contributed by atoms with Gasteiger partial charge in [-0.25, -0.2) is 4.98 Å². The molecule has 0 amide bonds. The first kappa shape index (κ1) is 11.2. The van der Waals surface area contributed by atoms with Gasteiger partial charge >= 0.3 is 0 Å². The molecule has 0 atom stereocenters. The minimum absolute atomic E-state index is 0.451. The Morgan fingerprint density at radius 3 is 2.80 bits per heavy atom. The van der Waals surface area contributed by atoms with Gasteiger partial charge in [-0.15, -0.1) is 11.3 Å². The van der Waals surface area contributed by atoms with Crippen LogP contribution in [0.3, 0.4) is 0 Å². The van der Waals surface area contributed by atoms with E-state index >= 15 is 0 Å². The molecule has 0 unspecified atom stereocenters. The van der Waals surface area contributed by atoms with Crippen LogP contribution < -0.4 is 5.73 Å². The molecule has 20 heavy (non-hydrogen) atoms. The van der Waals surface area contributed by atoms with E-state index < -0.39 is 0 Å². The van der Waals surface area contributed by atoms with Crippen LogP contribution in [-0.2, 0) is 0 Å². The summed E-state index contributed by atoms with van der Waals surface area (Å²) in [5, 5.41) is 9.14. The number of anilines is 1. The fourth-order valence-electron chi connectivity index (χ4n) is 2.27. The van der Waals surface area contributed by atoms with E-state index in [4.69, 9.17) is 5.73 Å². The van der Waals surface area contributed by atoms with Crippen molar-refractivity contribution in [3.63, 3.8) is 0 Å². The van der Waals surface area contributed by atoms with Crippen LogP contribution in [0.4, 0.5) is 5.82 Å². The number of nitrogens with two attached hydrogens (primary N) is 1. The Labute approximate surface area is 118 Å². The molecule has 6 heteroatoms. The number of hydrogen-bond acceptors (Lipinski definition) is 4. The molecule has 0 aliphatic heterocycles. The molecule has 5 nitrogen and oxygen atoms in total. The zero-order chi connectivity index (χ0) is 13.5. The van der Waals surface area contributed by atoms with Gasteiger partial charge in [0.2, 0.25) is 0 Å². The van der Waals surface area contributed by atoms with Gasteiger partial charge < -0.3 is 10.7 Å². The monoisotopic (exact) mass is 281 g/mol. The summed E-state index contributed by atoms with van der Waals surface area (Å²) in [7, 11) is 0. The second-order valence-electron chi connectivity index (χ2n) is 4.44. The van der Waals surface area contributed by atoms with Gasteiger partial charge in [0, 0.05) is 0 Å². The third-order valence-corrected chi connectivity index (χ3v) is 4.08. The van der Waals surface area contributed by atoms with Gasteiger partial charge in [-0.2, -0.15) is 5.10 Å². The van der Waals surface area contributed by atoms with Crippen LogP contribution in [0.1, 0.15) is 0 Å². The zero-order valence-electron chi connectivity index (χ0n) is 10.4. The Balaban J connectivity index is 1.96. The molecule has 0 aliphatic rings. The van der Waals surface area contributed by atoms with E-state index in [9.17, 15) is 0 Å². The Morgan fingerprint density at radius 2 is 2.00 bits per heavy atom. The first-order valence-corrected chi connectivity index (χ1v) is 7.04. The fourth-order valence-corrected chi connectivity index (χ4v) is 2.99. The van der Waals surface area contributed by atoms with E-state index in [1.54, 1.807) is 11.3 Å². The summed E-state index contributed by atoms with van der Waals surface area (Å²) in [5.74, 6) is 1.19. The number of fused-ring (bicyclic) bond motifs is 1. The molecule has 0 radical (unpaired) electrons. The number of nitrogens with one attached hydrogen (secondary N) is 2. The van der Waals surface area contributed by atoms with Gasteiger partial charge in [0.05, 0.1) is 27.2 Å². The smallest absolute Gasteiger partial charge is 0.156 e. The van der Waals surface area contributed by atoms with Crippen molar-refractivity contribution in [1.29, 1.82) is 0 Å². The highest BCUT2D eigenvalue weighted by atomic mass is 32.1. The summed E-state index contributed by atoms with van der Waals surface area (Å²) in [4.78, 5) is 8.98. The lowest BCUT2D eigenvalue weighted by atomic mass is 10.2. The number of aromatic nitrogens is 4. The van der Waals surface area contributed by atoms with Crippen LogP contribution in [-0.4, -0.2) is 20.2 Å². The molecule has 0 aliphatic carbocycles. The minimum atomic E-state index is 0.451. The lowest BCUT2D eigenvalue weighted by Crippen LogP contribution is -1.89. The predicted octanol–water partition coefficient (Wildman–Crippen LogP) is 3.26. The maximum absolute atomic E-state index is 6.00. The van der Waals surface area contributed by atoms with E-state index in [0.29, 0.717) is 5.82 Å². The van der Waals surface area contributed by atoms with Crippen molar-refractivity contribution in [2.45, 2.75) is 0 Å². The highest BCUT2D eigenvalue weighted by Crippen LogP contribution is 2.35. The summed E-state index contributed by atoms with van der Waals surface area (Å²) in [6.07, 6.45) is 0. The van der Waals surface area contributed by atoms with Crippen molar-refractivity contribution in [2.75, 3.05) is 5.73 Å². The molecule has 3 heterocycles. The molecule has 4 aromatic rings. The number of benzene rings is 1. The molecule has 1 aromatic carbocycles. The molecule has 0 spiro atoms. The summed E-state index contributed by atoms with van der Waals surface area (Å²) < 4.78 is 0. The molecule has 0 fully saturated rings.